The Labute approximate surface area is 145 Å². The van der Waals surface area contributed by atoms with Crippen LogP contribution >= 0.6 is 0 Å². The normalized spacial score (nSPS) is 23.7. The van der Waals surface area contributed by atoms with Crippen molar-refractivity contribution in [2.75, 3.05) is 39.3 Å². The molecule has 2 saturated heterocycles. The van der Waals surface area contributed by atoms with Crippen LogP contribution in [0.4, 0.5) is 0 Å². The lowest BCUT2D eigenvalue weighted by molar-refractivity contribution is -1.05. The number of likely N-dealkylation sites (tertiary alicyclic amines) is 1. The van der Waals surface area contributed by atoms with Gasteiger partial charge in [0.05, 0.1) is 26.2 Å². The number of piperidine rings is 1. The topological polar surface area (TPSA) is 43.8 Å². The monoisotopic (exact) mass is 332 g/mol. The fraction of sp³-hybridized carbons (Fsp3) is 0.632. The average Bonchev–Trinajstić information content (AvgIpc) is 2.63. The average molecular weight is 332 g/mol. The van der Waals surface area contributed by atoms with Gasteiger partial charge in [0.25, 0.3) is 0 Å². The van der Waals surface area contributed by atoms with Crippen molar-refractivity contribution < 1.29 is 14.5 Å². The fourth-order valence-corrected chi connectivity index (χ4v) is 4.24. The van der Waals surface area contributed by atoms with Crippen LogP contribution in [-0.4, -0.2) is 70.9 Å². The van der Waals surface area contributed by atoms with Crippen LogP contribution in [0.2, 0.25) is 0 Å². The van der Waals surface area contributed by atoms with Gasteiger partial charge < -0.3 is 5.11 Å². The molecule has 1 N–H and O–H groups in total. The van der Waals surface area contributed by atoms with E-state index in [1.54, 1.807) is 6.92 Å². The minimum atomic E-state index is -0.713. The zero-order valence-corrected chi connectivity index (χ0v) is 14.7. The molecule has 24 heavy (non-hydrogen) atoms. The fourth-order valence-electron chi connectivity index (χ4n) is 4.24. The minimum Gasteiger partial charge on any atom is -0.480 e. The highest BCUT2D eigenvalue weighted by atomic mass is 16.4. The Hall–Kier alpha value is -1.43. The number of nitrogens with zero attached hydrogens (tertiary/aromatic N) is 3. The zero-order valence-electron chi connectivity index (χ0n) is 14.7. The van der Waals surface area contributed by atoms with Crippen LogP contribution in [0, 0.1) is 0 Å². The highest BCUT2D eigenvalue weighted by Gasteiger charge is 2.39. The summed E-state index contributed by atoms with van der Waals surface area (Å²) in [6, 6.07) is 10.4. The van der Waals surface area contributed by atoms with Crippen LogP contribution in [-0.2, 0) is 11.3 Å². The number of quaternary nitrogens is 1. The first-order valence-corrected chi connectivity index (χ1v) is 9.23. The maximum absolute atomic E-state index is 11.2. The Morgan fingerprint density at radius 2 is 1.71 bits per heavy atom. The van der Waals surface area contributed by atoms with Gasteiger partial charge in [-0.3, -0.25) is 9.69 Å². The third kappa shape index (κ3) is 3.79. The first-order valence-electron chi connectivity index (χ1n) is 9.23. The predicted molar refractivity (Wildman–Crippen MR) is 94.2 cm³/mol. The quantitative estimate of drug-likeness (QED) is 0.840. The van der Waals surface area contributed by atoms with E-state index in [1.165, 1.54) is 37.9 Å². The van der Waals surface area contributed by atoms with E-state index in [1.807, 2.05) is 0 Å². The number of hydrogen-bond acceptors (Lipinski definition) is 3. The summed E-state index contributed by atoms with van der Waals surface area (Å²) in [5.74, 6) is -0.713. The third-order valence-corrected chi connectivity index (χ3v) is 5.76. The number of carbonyl (C=O) groups is 1. The molecule has 2 aliphatic heterocycles. The molecular weight excluding hydrogens is 302 g/mol. The lowest BCUT2D eigenvalue weighted by atomic mass is 10.1. The Morgan fingerprint density at radius 1 is 1.08 bits per heavy atom. The van der Waals surface area contributed by atoms with Crippen molar-refractivity contribution in [1.29, 1.82) is 0 Å². The molecule has 0 spiro atoms. The van der Waals surface area contributed by atoms with E-state index in [9.17, 15) is 9.90 Å². The van der Waals surface area contributed by atoms with Gasteiger partial charge in [-0.05, 0) is 26.2 Å². The van der Waals surface area contributed by atoms with Gasteiger partial charge in [-0.25, -0.2) is 4.59 Å². The second-order valence-corrected chi connectivity index (χ2v) is 7.25. The van der Waals surface area contributed by atoms with Gasteiger partial charge in [0.2, 0.25) is 0 Å². The standard InChI is InChI=1S/C19H29N3O2/c1-17(19(23)24)20-10-12-21(13-11-20)22(14-6-3-7-15-22)16-18-8-4-2-5-9-18/h2,4-5,8-9,17H,3,6-7,10-16H2,1H3/p+1. The highest BCUT2D eigenvalue weighted by molar-refractivity contribution is 5.72. The smallest absolute Gasteiger partial charge is 0.320 e. The number of piperazine rings is 1. The molecule has 2 heterocycles. The van der Waals surface area contributed by atoms with E-state index in [0.717, 1.165) is 37.3 Å². The SMILES string of the molecule is CC(C(=O)O)N1CCN([N+]2(Cc3ccccc3)CCCCC2)CC1. The first-order chi connectivity index (χ1) is 11.6. The summed E-state index contributed by atoms with van der Waals surface area (Å²) in [7, 11) is 0. The summed E-state index contributed by atoms with van der Waals surface area (Å²) in [6.07, 6.45) is 3.92. The van der Waals surface area contributed by atoms with E-state index >= 15 is 0 Å². The van der Waals surface area contributed by atoms with Crippen LogP contribution in [0.15, 0.2) is 30.3 Å². The summed E-state index contributed by atoms with van der Waals surface area (Å²) < 4.78 is 1.05. The van der Waals surface area contributed by atoms with Crippen LogP contribution in [0.5, 0.6) is 0 Å². The molecule has 0 aliphatic carbocycles. The molecule has 5 heteroatoms. The molecule has 1 atom stereocenters. The third-order valence-electron chi connectivity index (χ3n) is 5.76. The second kappa shape index (κ2) is 7.64. The second-order valence-electron chi connectivity index (χ2n) is 7.25. The molecule has 2 aliphatic rings. The number of carboxylic acid groups (broad SMARTS) is 1. The van der Waals surface area contributed by atoms with Gasteiger partial charge >= 0.3 is 5.97 Å². The van der Waals surface area contributed by atoms with Crippen LogP contribution in [0.3, 0.4) is 0 Å². The molecule has 5 nitrogen and oxygen atoms in total. The number of aliphatic carboxylic acids is 1. The molecule has 132 valence electrons. The van der Waals surface area contributed by atoms with Gasteiger partial charge in [0, 0.05) is 18.7 Å². The summed E-state index contributed by atoms with van der Waals surface area (Å²) in [5.41, 5.74) is 1.40. The Kier molecular flexibility index (Phi) is 5.54. The molecule has 0 bridgehead atoms. The van der Waals surface area contributed by atoms with E-state index in [4.69, 9.17) is 0 Å². The summed E-state index contributed by atoms with van der Waals surface area (Å²) in [6.45, 7) is 8.91. The van der Waals surface area contributed by atoms with Gasteiger partial charge in [-0.15, -0.1) is 0 Å². The number of hydrogen-bond donors (Lipinski definition) is 1. The Balaban J connectivity index is 1.70. The van der Waals surface area contributed by atoms with Gasteiger partial charge in [0.15, 0.2) is 0 Å². The van der Waals surface area contributed by atoms with E-state index in [-0.39, 0.29) is 6.04 Å². The Bertz CT molecular complexity index is 535. The highest BCUT2D eigenvalue weighted by Crippen LogP contribution is 2.27. The first kappa shape index (κ1) is 17.4. The molecule has 0 aromatic heterocycles. The zero-order chi connectivity index (χ0) is 17.0. The lowest BCUT2D eigenvalue weighted by Gasteiger charge is -2.51. The molecule has 3 rings (SSSR count). The molecule has 2 fully saturated rings. The van der Waals surface area contributed by atoms with Crippen molar-refractivity contribution in [2.45, 2.75) is 38.8 Å². The summed E-state index contributed by atoms with van der Waals surface area (Å²) in [5, 5.41) is 11.8. The molecule has 1 aromatic carbocycles. The lowest BCUT2D eigenvalue weighted by Crippen LogP contribution is -2.67. The van der Waals surface area contributed by atoms with Crippen molar-refractivity contribution in [2.24, 2.45) is 0 Å². The van der Waals surface area contributed by atoms with E-state index < -0.39 is 5.97 Å². The molecule has 0 saturated carbocycles. The van der Waals surface area contributed by atoms with Crippen LogP contribution in [0.1, 0.15) is 31.7 Å². The van der Waals surface area contributed by atoms with Crippen LogP contribution in [0.25, 0.3) is 0 Å². The maximum Gasteiger partial charge on any atom is 0.320 e. The van der Waals surface area contributed by atoms with Crippen LogP contribution < -0.4 is 0 Å². The summed E-state index contributed by atoms with van der Waals surface area (Å²) >= 11 is 0. The largest absolute Gasteiger partial charge is 0.480 e. The molecule has 0 amide bonds. The van der Waals surface area contributed by atoms with Crippen molar-refractivity contribution >= 4 is 5.97 Å². The number of rotatable bonds is 5. The van der Waals surface area contributed by atoms with E-state index in [2.05, 4.69) is 40.2 Å². The number of carboxylic acids is 1. The maximum atomic E-state index is 11.2. The van der Waals surface area contributed by atoms with Gasteiger partial charge in [0.1, 0.15) is 12.6 Å². The van der Waals surface area contributed by atoms with Gasteiger partial charge in [-0.2, -0.15) is 5.01 Å². The molecular formula is C19H30N3O2+. The molecule has 1 aromatic rings. The van der Waals surface area contributed by atoms with Crippen molar-refractivity contribution in [3.05, 3.63) is 35.9 Å². The van der Waals surface area contributed by atoms with Crippen molar-refractivity contribution in [3.8, 4) is 0 Å². The Morgan fingerprint density at radius 3 is 2.29 bits per heavy atom. The minimum absolute atomic E-state index is 0.379. The van der Waals surface area contributed by atoms with Gasteiger partial charge in [-0.1, -0.05) is 30.3 Å². The molecule has 0 radical (unpaired) electrons. The van der Waals surface area contributed by atoms with E-state index in [0.29, 0.717) is 0 Å². The van der Waals surface area contributed by atoms with Crippen molar-refractivity contribution in [1.82, 2.24) is 9.91 Å². The van der Waals surface area contributed by atoms with Crippen molar-refractivity contribution in [3.63, 3.8) is 0 Å². The summed E-state index contributed by atoms with van der Waals surface area (Å²) in [4.78, 5) is 13.3. The number of benzene rings is 1. The predicted octanol–water partition coefficient (Wildman–Crippen LogP) is 2.19. The molecule has 1 unspecified atom stereocenters.